The minimum Gasteiger partial charge on any atom is -0.497 e. The molecule has 1 saturated heterocycles. The lowest BCUT2D eigenvalue weighted by Gasteiger charge is -2.35. The summed E-state index contributed by atoms with van der Waals surface area (Å²) in [5, 5.41) is 14.6. The van der Waals surface area contributed by atoms with Gasteiger partial charge in [-0.2, -0.15) is 0 Å². The highest BCUT2D eigenvalue weighted by Gasteiger charge is 2.39. The van der Waals surface area contributed by atoms with E-state index in [1.54, 1.807) is 46.3 Å². The summed E-state index contributed by atoms with van der Waals surface area (Å²) in [6.07, 6.45) is 2.98. The number of rotatable bonds is 9. The molecule has 0 saturated carbocycles. The predicted molar refractivity (Wildman–Crippen MR) is 123 cm³/mol. The molecular formula is C25H30FN3O3. The molecule has 0 aromatic heterocycles. The first-order valence-electron chi connectivity index (χ1n) is 10.6. The van der Waals surface area contributed by atoms with Crippen LogP contribution in [0.5, 0.6) is 5.75 Å². The number of hydrogen-bond acceptors (Lipinski definition) is 4. The number of aliphatic hydroxyl groups is 1. The van der Waals surface area contributed by atoms with Gasteiger partial charge >= 0.3 is 6.03 Å². The number of halogens is 1. The summed E-state index contributed by atoms with van der Waals surface area (Å²) in [6.45, 7) is 8.76. The fourth-order valence-electron chi connectivity index (χ4n) is 3.92. The van der Waals surface area contributed by atoms with Gasteiger partial charge in [0, 0.05) is 19.6 Å². The number of ether oxygens (including phenoxy) is 1. The van der Waals surface area contributed by atoms with Gasteiger partial charge in [0.1, 0.15) is 11.6 Å². The lowest BCUT2D eigenvalue weighted by atomic mass is 9.99. The SMILES string of the molecule is C=CCN1C(=O)N(CC=C)N(Cc2ccc(F)cc2)C[C@H](O)[C@@H]1Cc1ccc(OC)cc1. The van der Waals surface area contributed by atoms with Crippen LogP contribution >= 0.6 is 0 Å². The van der Waals surface area contributed by atoms with Crippen molar-refractivity contribution < 1.29 is 19.0 Å². The lowest BCUT2D eigenvalue weighted by molar-refractivity contribution is -0.00834. The van der Waals surface area contributed by atoms with Crippen molar-refractivity contribution >= 4 is 6.03 Å². The molecule has 0 spiro atoms. The minimum absolute atomic E-state index is 0.234. The number of methoxy groups -OCH3 is 1. The fraction of sp³-hybridized carbons (Fsp3) is 0.320. The Hall–Kier alpha value is -3.16. The van der Waals surface area contributed by atoms with Gasteiger partial charge in [-0.3, -0.25) is 5.01 Å². The maximum atomic E-state index is 13.6. The van der Waals surface area contributed by atoms with Crippen molar-refractivity contribution in [3.8, 4) is 5.75 Å². The average molecular weight is 440 g/mol. The number of amides is 2. The molecule has 1 aliphatic heterocycles. The van der Waals surface area contributed by atoms with E-state index >= 15 is 0 Å². The minimum atomic E-state index is -0.809. The quantitative estimate of drug-likeness (QED) is 0.607. The predicted octanol–water partition coefficient (Wildman–Crippen LogP) is 3.63. The molecule has 1 aliphatic rings. The van der Waals surface area contributed by atoms with E-state index in [-0.39, 0.29) is 24.9 Å². The summed E-state index contributed by atoms with van der Waals surface area (Å²) >= 11 is 0. The van der Waals surface area contributed by atoms with Crippen molar-refractivity contribution in [2.75, 3.05) is 26.7 Å². The summed E-state index contributed by atoms with van der Waals surface area (Å²) < 4.78 is 18.6. The summed E-state index contributed by atoms with van der Waals surface area (Å²) in [4.78, 5) is 15.2. The Labute approximate surface area is 188 Å². The number of nitrogens with zero attached hydrogens (tertiary/aromatic N) is 3. The van der Waals surface area contributed by atoms with Crippen LogP contribution in [0.3, 0.4) is 0 Å². The molecule has 0 aliphatic carbocycles. The first-order valence-corrected chi connectivity index (χ1v) is 10.6. The molecule has 1 fully saturated rings. The van der Waals surface area contributed by atoms with Crippen molar-refractivity contribution in [1.29, 1.82) is 0 Å². The highest BCUT2D eigenvalue weighted by Crippen LogP contribution is 2.24. The van der Waals surface area contributed by atoms with Crippen molar-refractivity contribution in [3.63, 3.8) is 0 Å². The molecule has 7 heteroatoms. The maximum Gasteiger partial charge on any atom is 0.335 e. The van der Waals surface area contributed by atoms with Gasteiger partial charge in [-0.05, 0) is 41.8 Å². The van der Waals surface area contributed by atoms with E-state index in [2.05, 4.69) is 13.2 Å². The summed E-state index contributed by atoms with van der Waals surface area (Å²) in [7, 11) is 1.61. The Morgan fingerprint density at radius 2 is 1.69 bits per heavy atom. The number of aliphatic hydroxyl groups excluding tert-OH is 1. The van der Waals surface area contributed by atoms with E-state index in [1.807, 2.05) is 24.3 Å². The number of hydrogen-bond donors (Lipinski definition) is 1. The van der Waals surface area contributed by atoms with E-state index < -0.39 is 12.1 Å². The van der Waals surface area contributed by atoms with Crippen LogP contribution in [0.1, 0.15) is 11.1 Å². The maximum absolute atomic E-state index is 13.6. The summed E-state index contributed by atoms with van der Waals surface area (Å²) in [5.74, 6) is 0.428. The molecule has 1 N–H and O–H groups in total. The zero-order valence-corrected chi connectivity index (χ0v) is 18.4. The normalized spacial score (nSPS) is 19.5. The number of carbonyl (C=O) groups excluding carboxylic acids is 1. The van der Waals surface area contributed by atoms with Gasteiger partial charge < -0.3 is 14.7 Å². The molecule has 2 aromatic carbocycles. The zero-order valence-electron chi connectivity index (χ0n) is 18.4. The van der Waals surface area contributed by atoms with Crippen LogP contribution < -0.4 is 4.74 Å². The summed E-state index contributed by atoms with van der Waals surface area (Å²) in [5.41, 5.74) is 1.82. The van der Waals surface area contributed by atoms with E-state index in [9.17, 15) is 14.3 Å². The Balaban J connectivity index is 1.90. The molecule has 0 radical (unpaired) electrons. The van der Waals surface area contributed by atoms with Crippen molar-refractivity contribution in [3.05, 3.63) is 90.8 Å². The van der Waals surface area contributed by atoms with Gasteiger partial charge in [0.15, 0.2) is 0 Å². The first kappa shape index (κ1) is 23.5. The van der Waals surface area contributed by atoms with Crippen LogP contribution in [0.15, 0.2) is 73.8 Å². The third-order valence-electron chi connectivity index (χ3n) is 5.56. The Kier molecular flexibility index (Phi) is 8.03. The smallest absolute Gasteiger partial charge is 0.335 e. The molecule has 1 heterocycles. The van der Waals surface area contributed by atoms with Crippen LogP contribution in [0.2, 0.25) is 0 Å². The Morgan fingerprint density at radius 1 is 1.06 bits per heavy atom. The second-order valence-electron chi connectivity index (χ2n) is 7.75. The molecule has 3 rings (SSSR count). The van der Waals surface area contributed by atoms with Crippen LogP contribution in [-0.2, 0) is 13.0 Å². The second-order valence-corrected chi connectivity index (χ2v) is 7.75. The van der Waals surface area contributed by atoms with E-state index in [4.69, 9.17) is 4.74 Å². The fourth-order valence-corrected chi connectivity index (χ4v) is 3.92. The number of benzene rings is 2. The van der Waals surface area contributed by atoms with Gasteiger partial charge in [-0.25, -0.2) is 14.2 Å². The Morgan fingerprint density at radius 3 is 2.28 bits per heavy atom. The number of β-amino-alcohol motifs (C(OH)–C–C–N with tert-alkyl or cyclic N) is 1. The van der Waals surface area contributed by atoms with Gasteiger partial charge in [0.2, 0.25) is 0 Å². The van der Waals surface area contributed by atoms with Crippen LogP contribution in [0.25, 0.3) is 0 Å². The van der Waals surface area contributed by atoms with Gasteiger partial charge in [0.05, 0.1) is 25.8 Å². The van der Waals surface area contributed by atoms with Crippen LogP contribution in [0, 0.1) is 5.82 Å². The molecule has 0 unspecified atom stereocenters. The lowest BCUT2D eigenvalue weighted by Crippen LogP contribution is -2.51. The van der Waals surface area contributed by atoms with Gasteiger partial charge in [-0.15, -0.1) is 13.2 Å². The number of carbonyl (C=O) groups is 1. The molecule has 6 nitrogen and oxygen atoms in total. The summed E-state index contributed by atoms with van der Waals surface area (Å²) in [6, 6.07) is 13.1. The Bertz CT molecular complexity index is 917. The molecule has 2 amide bonds. The largest absolute Gasteiger partial charge is 0.497 e. The second kappa shape index (κ2) is 10.9. The number of hydrazine groups is 1. The van der Waals surface area contributed by atoms with E-state index in [0.717, 1.165) is 16.9 Å². The van der Waals surface area contributed by atoms with Gasteiger partial charge in [-0.1, -0.05) is 36.4 Å². The highest BCUT2D eigenvalue weighted by atomic mass is 19.1. The van der Waals surface area contributed by atoms with E-state index in [1.165, 1.54) is 12.1 Å². The molecule has 2 aromatic rings. The highest BCUT2D eigenvalue weighted by molar-refractivity contribution is 5.75. The standard InChI is InChI=1S/C25H30FN3O3/c1-4-14-28-23(16-19-8-12-22(32-3)13-9-19)24(30)18-27(29(15-5-2)25(28)31)17-20-6-10-21(26)11-7-20/h4-13,23-24,30H,1-2,14-18H2,3H3/t23-,24-/m0/s1. The molecule has 170 valence electrons. The van der Waals surface area contributed by atoms with Crippen LogP contribution in [-0.4, -0.2) is 64.9 Å². The third-order valence-corrected chi connectivity index (χ3v) is 5.56. The molecular weight excluding hydrogens is 409 g/mol. The van der Waals surface area contributed by atoms with Crippen molar-refractivity contribution in [2.45, 2.75) is 25.1 Å². The monoisotopic (exact) mass is 439 g/mol. The molecule has 2 atom stereocenters. The average Bonchev–Trinajstić information content (AvgIpc) is 2.88. The van der Waals surface area contributed by atoms with Crippen molar-refractivity contribution in [1.82, 2.24) is 14.9 Å². The van der Waals surface area contributed by atoms with Crippen LogP contribution in [0.4, 0.5) is 9.18 Å². The molecule has 0 bridgehead atoms. The topological polar surface area (TPSA) is 56.3 Å². The number of urea groups is 1. The van der Waals surface area contributed by atoms with E-state index in [0.29, 0.717) is 19.5 Å². The third kappa shape index (κ3) is 5.55. The van der Waals surface area contributed by atoms with Crippen molar-refractivity contribution in [2.24, 2.45) is 0 Å². The van der Waals surface area contributed by atoms with Gasteiger partial charge in [0.25, 0.3) is 0 Å². The zero-order chi connectivity index (χ0) is 23.1. The first-order chi connectivity index (χ1) is 15.5. The molecule has 32 heavy (non-hydrogen) atoms.